The lowest BCUT2D eigenvalue weighted by Gasteiger charge is -2.11. The molecule has 0 aliphatic heterocycles. The van der Waals surface area contributed by atoms with Crippen molar-refractivity contribution in [2.75, 3.05) is 16.6 Å². The van der Waals surface area contributed by atoms with Crippen LogP contribution in [-0.4, -0.2) is 26.9 Å². The Morgan fingerprint density at radius 3 is 2.53 bits per heavy atom. The van der Waals surface area contributed by atoms with Crippen molar-refractivity contribution >= 4 is 43.9 Å². The fourth-order valence-electron chi connectivity index (χ4n) is 3.96. The third-order valence-corrected chi connectivity index (χ3v) is 8.16. The Bertz CT molecular complexity index is 1300. The summed E-state index contributed by atoms with van der Waals surface area (Å²) in [6.45, 7) is 2.00. The third-order valence-electron chi connectivity index (χ3n) is 5.56. The number of esters is 1. The van der Waals surface area contributed by atoms with Crippen LogP contribution < -0.4 is 10.0 Å². The molecule has 2 N–H and O–H groups in total. The van der Waals surface area contributed by atoms with Crippen LogP contribution in [0.15, 0.2) is 59.5 Å². The van der Waals surface area contributed by atoms with Crippen LogP contribution in [0, 0.1) is 0 Å². The molecule has 1 aromatic heterocycles. The smallest absolute Gasteiger partial charge is 0.341 e. The first-order valence-corrected chi connectivity index (χ1v) is 13.5. The van der Waals surface area contributed by atoms with Crippen LogP contribution in [0.5, 0.6) is 0 Å². The molecular weight excluding hydrogens is 472 g/mol. The van der Waals surface area contributed by atoms with Crippen molar-refractivity contribution < 1.29 is 22.7 Å². The highest BCUT2D eigenvalue weighted by Crippen LogP contribution is 2.38. The first-order chi connectivity index (χ1) is 16.4. The molecule has 2 aromatic carbocycles. The Balaban J connectivity index is 1.58. The predicted octanol–water partition coefficient (Wildman–Crippen LogP) is 5.25. The molecule has 0 saturated carbocycles. The van der Waals surface area contributed by atoms with Crippen LogP contribution in [0.4, 0.5) is 10.7 Å². The van der Waals surface area contributed by atoms with E-state index in [4.69, 9.17) is 4.74 Å². The van der Waals surface area contributed by atoms with Gasteiger partial charge in [-0.3, -0.25) is 9.52 Å². The lowest BCUT2D eigenvalue weighted by molar-refractivity contribution is 0.0527. The zero-order valence-electron chi connectivity index (χ0n) is 18.8. The quantitative estimate of drug-likeness (QED) is 0.342. The minimum absolute atomic E-state index is 0.129. The van der Waals surface area contributed by atoms with Gasteiger partial charge in [0.2, 0.25) is 0 Å². The molecule has 1 amide bonds. The van der Waals surface area contributed by atoms with Gasteiger partial charge in [0.1, 0.15) is 5.00 Å². The molecular formula is C25H26N2O5S2. The molecule has 0 atom stereocenters. The number of amides is 1. The van der Waals surface area contributed by atoms with Crippen molar-refractivity contribution in [1.82, 2.24) is 0 Å². The van der Waals surface area contributed by atoms with E-state index in [0.29, 0.717) is 10.6 Å². The molecule has 1 aliphatic rings. The van der Waals surface area contributed by atoms with Crippen molar-refractivity contribution in [3.63, 3.8) is 0 Å². The van der Waals surface area contributed by atoms with Gasteiger partial charge in [-0.1, -0.05) is 30.7 Å². The summed E-state index contributed by atoms with van der Waals surface area (Å²) in [4.78, 5) is 27.1. The number of ether oxygens (including phenoxy) is 1. The molecule has 0 saturated heterocycles. The lowest BCUT2D eigenvalue weighted by atomic mass is 10.1. The van der Waals surface area contributed by atoms with Crippen molar-refractivity contribution in [3.05, 3.63) is 76.2 Å². The number of hydrogen-bond donors (Lipinski definition) is 2. The standard InChI is InChI=1S/C25H26N2O5S2/c1-2-32-25(29)22-20-14-7-4-8-15-21(20)33-24(22)26-23(28)17-10-9-11-18(16-17)27-34(30,31)19-12-5-3-6-13-19/h3,5-6,9-13,16,27H,2,4,7-8,14-15H2,1H3,(H,26,28). The van der Waals surface area contributed by atoms with Gasteiger partial charge in [-0.15, -0.1) is 11.3 Å². The normalized spacial score (nSPS) is 13.4. The maximum Gasteiger partial charge on any atom is 0.341 e. The summed E-state index contributed by atoms with van der Waals surface area (Å²) in [5.74, 6) is -0.857. The maximum absolute atomic E-state index is 13.1. The van der Waals surface area contributed by atoms with Gasteiger partial charge in [-0.05, 0) is 68.5 Å². The molecule has 3 aromatic rings. The van der Waals surface area contributed by atoms with Crippen molar-refractivity contribution in [3.8, 4) is 0 Å². The van der Waals surface area contributed by atoms with Gasteiger partial charge < -0.3 is 10.1 Å². The Labute approximate surface area is 203 Å². The summed E-state index contributed by atoms with van der Waals surface area (Å²) in [6.07, 6.45) is 4.81. The van der Waals surface area contributed by atoms with E-state index in [1.165, 1.54) is 29.5 Å². The SMILES string of the molecule is CCOC(=O)c1c(NC(=O)c2cccc(NS(=O)(=O)c3ccccc3)c2)sc2c1CCCCC2. The van der Waals surface area contributed by atoms with Crippen molar-refractivity contribution in [1.29, 1.82) is 0 Å². The third kappa shape index (κ3) is 5.31. The molecule has 9 heteroatoms. The van der Waals surface area contributed by atoms with Crippen LogP contribution in [0.25, 0.3) is 0 Å². The summed E-state index contributed by atoms with van der Waals surface area (Å²) in [5, 5.41) is 3.34. The second-order valence-corrected chi connectivity index (χ2v) is 10.7. The number of nitrogens with one attached hydrogen (secondary N) is 2. The van der Waals surface area contributed by atoms with Crippen LogP contribution >= 0.6 is 11.3 Å². The van der Waals surface area contributed by atoms with Crippen LogP contribution in [-0.2, 0) is 27.6 Å². The Morgan fingerprint density at radius 1 is 1.00 bits per heavy atom. The van der Waals surface area contributed by atoms with Gasteiger partial charge >= 0.3 is 5.97 Å². The van der Waals surface area contributed by atoms with Gasteiger partial charge in [0.25, 0.3) is 15.9 Å². The van der Waals surface area contributed by atoms with Crippen molar-refractivity contribution in [2.45, 2.75) is 43.9 Å². The van der Waals surface area contributed by atoms with E-state index in [-0.39, 0.29) is 22.8 Å². The topological polar surface area (TPSA) is 102 Å². The second-order valence-electron chi connectivity index (χ2n) is 7.94. The van der Waals surface area contributed by atoms with Crippen LogP contribution in [0.1, 0.15) is 57.3 Å². The van der Waals surface area contributed by atoms with Gasteiger partial charge in [-0.25, -0.2) is 13.2 Å². The summed E-state index contributed by atoms with van der Waals surface area (Å²) in [7, 11) is -3.79. The first-order valence-electron chi connectivity index (χ1n) is 11.2. The van der Waals surface area contributed by atoms with E-state index in [1.807, 2.05) is 0 Å². The van der Waals surface area contributed by atoms with E-state index in [0.717, 1.165) is 42.5 Å². The highest BCUT2D eigenvalue weighted by atomic mass is 32.2. The van der Waals surface area contributed by atoms with Gasteiger partial charge in [-0.2, -0.15) is 0 Å². The monoisotopic (exact) mass is 498 g/mol. The molecule has 7 nitrogen and oxygen atoms in total. The largest absolute Gasteiger partial charge is 0.462 e. The fraction of sp³-hybridized carbons (Fsp3) is 0.280. The fourth-order valence-corrected chi connectivity index (χ4v) is 6.31. The molecule has 34 heavy (non-hydrogen) atoms. The second kappa shape index (κ2) is 10.4. The number of sulfonamides is 1. The number of hydrogen-bond acceptors (Lipinski definition) is 6. The van der Waals surface area contributed by atoms with Gasteiger partial charge in [0, 0.05) is 16.1 Å². The number of thiophene rings is 1. The maximum atomic E-state index is 13.1. The predicted molar refractivity (Wildman–Crippen MR) is 133 cm³/mol. The number of carbonyl (C=O) groups is 2. The van der Waals surface area contributed by atoms with E-state index < -0.39 is 21.9 Å². The molecule has 1 aliphatic carbocycles. The summed E-state index contributed by atoms with van der Waals surface area (Å²) in [5.41, 5.74) is 1.95. The highest BCUT2D eigenvalue weighted by molar-refractivity contribution is 7.92. The summed E-state index contributed by atoms with van der Waals surface area (Å²) >= 11 is 1.42. The first kappa shape index (κ1) is 24.0. The zero-order valence-corrected chi connectivity index (χ0v) is 20.4. The molecule has 1 heterocycles. The zero-order chi connectivity index (χ0) is 24.1. The van der Waals surface area contributed by atoms with E-state index in [9.17, 15) is 18.0 Å². The molecule has 0 bridgehead atoms. The number of fused-ring (bicyclic) bond motifs is 1. The minimum atomic E-state index is -3.79. The van der Waals surface area contributed by atoms with Gasteiger partial charge in [0.05, 0.1) is 17.1 Å². The average molecular weight is 499 g/mol. The molecule has 4 rings (SSSR count). The highest BCUT2D eigenvalue weighted by Gasteiger charge is 2.27. The van der Waals surface area contributed by atoms with Crippen molar-refractivity contribution in [2.24, 2.45) is 0 Å². The number of aryl methyl sites for hydroxylation is 1. The molecule has 178 valence electrons. The number of anilines is 2. The van der Waals surface area contributed by atoms with Gasteiger partial charge in [0.15, 0.2) is 0 Å². The Kier molecular flexibility index (Phi) is 7.33. The molecule has 0 spiro atoms. The molecule has 0 radical (unpaired) electrons. The summed E-state index contributed by atoms with van der Waals surface area (Å²) < 4.78 is 33.1. The Morgan fingerprint density at radius 2 is 1.76 bits per heavy atom. The van der Waals surface area contributed by atoms with E-state index in [2.05, 4.69) is 10.0 Å². The number of rotatable bonds is 7. The molecule has 0 fully saturated rings. The Hall–Kier alpha value is -3.17. The van der Waals surface area contributed by atoms with E-state index >= 15 is 0 Å². The number of carbonyl (C=O) groups excluding carboxylic acids is 2. The minimum Gasteiger partial charge on any atom is -0.462 e. The lowest BCUT2D eigenvalue weighted by Crippen LogP contribution is -2.16. The van der Waals surface area contributed by atoms with Crippen LogP contribution in [0.2, 0.25) is 0 Å². The van der Waals surface area contributed by atoms with Crippen LogP contribution in [0.3, 0.4) is 0 Å². The molecule has 0 unspecified atom stereocenters. The summed E-state index contributed by atoms with van der Waals surface area (Å²) in [6, 6.07) is 14.3. The van der Waals surface area contributed by atoms with E-state index in [1.54, 1.807) is 43.3 Å². The average Bonchev–Trinajstić information content (AvgIpc) is 3.00. The number of benzene rings is 2.